The zero-order valence-corrected chi connectivity index (χ0v) is 15.2. The van der Waals surface area contributed by atoms with E-state index in [0.29, 0.717) is 6.04 Å². The second-order valence-electron chi connectivity index (χ2n) is 8.40. The summed E-state index contributed by atoms with van der Waals surface area (Å²) in [5.41, 5.74) is -0.195. The van der Waals surface area contributed by atoms with E-state index in [4.69, 9.17) is 4.74 Å². The topological polar surface area (TPSA) is 61.8 Å². The van der Waals surface area contributed by atoms with Gasteiger partial charge in [-0.2, -0.15) is 0 Å². The maximum Gasteiger partial charge on any atom is 0.410 e. The fraction of sp³-hybridized carbons (Fsp3) is 0.944. The number of amides is 1. The van der Waals surface area contributed by atoms with Crippen molar-refractivity contribution >= 4 is 6.09 Å². The van der Waals surface area contributed by atoms with Crippen molar-refractivity contribution in [2.24, 2.45) is 5.41 Å². The highest BCUT2D eigenvalue weighted by Gasteiger charge is 2.48. The number of piperidine rings is 1. The van der Waals surface area contributed by atoms with Crippen molar-refractivity contribution < 1.29 is 14.6 Å². The van der Waals surface area contributed by atoms with Crippen LogP contribution < -0.4 is 5.32 Å². The van der Waals surface area contributed by atoms with Crippen LogP contribution in [-0.4, -0.2) is 53.5 Å². The summed E-state index contributed by atoms with van der Waals surface area (Å²) in [6, 6.07) is 0.490. The lowest BCUT2D eigenvalue weighted by Crippen LogP contribution is -2.61. The minimum absolute atomic E-state index is 0.170. The van der Waals surface area contributed by atoms with Gasteiger partial charge in [0, 0.05) is 24.5 Å². The number of likely N-dealkylation sites (tertiary alicyclic amines) is 1. The molecule has 1 heterocycles. The van der Waals surface area contributed by atoms with Crippen molar-refractivity contribution in [2.45, 2.75) is 84.0 Å². The van der Waals surface area contributed by atoms with Gasteiger partial charge in [0.15, 0.2) is 0 Å². The number of hydrogen-bond donors (Lipinski definition) is 2. The highest BCUT2D eigenvalue weighted by molar-refractivity contribution is 5.68. The number of carbonyl (C=O) groups excluding carboxylic acids is 1. The number of nitrogens with zero attached hydrogens (tertiary/aromatic N) is 1. The van der Waals surface area contributed by atoms with Gasteiger partial charge in [-0.3, -0.25) is 0 Å². The molecule has 23 heavy (non-hydrogen) atoms. The van der Waals surface area contributed by atoms with Crippen molar-refractivity contribution in [3.63, 3.8) is 0 Å². The third kappa shape index (κ3) is 5.08. The van der Waals surface area contributed by atoms with Gasteiger partial charge >= 0.3 is 6.09 Å². The number of hydrogen-bond acceptors (Lipinski definition) is 4. The van der Waals surface area contributed by atoms with Crippen LogP contribution >= 0.6 is 0 Å². The normalized spacial score (nSPS) is 25.1. The fourth-order valence-electron chi connectivity index (χ4n) is 3.77. The van der Waals surface area contributed by atoms with Crippen LogP contribution in [0.15, 0.2) is 0 Å². The Morgan fingerprint density at radius 2 is 2.13 bits per heavy atom. The lowest BCUT2D eigenvalue weighted by atomic mass is 9.61. The average molecular weight is 326 g/mol. The van der Waals surface area contributed by atoms with Gasteiger partial charge in [0.1, 0.15) is 5.60 Å². The van der Waals surface area contributed by atoms with Gasteiger partial charge in [0.2, 0.25) is 0 Å². The van der Waals surface area contributed by atoms with Crippen molar-refractivity contribution in [3.8, 4) is 0 Å². The molecule has 2 N–H and O–H groups in total. The van der Waals surface area contributed by atoms with E-state index >= 15 is 0 Å². The predicted octanol–water partition coefficient (Wildman–Crippen LogP) is 2.92. The van der Waals surface area contributed by atoms with Gasteiger partial charge in [-0.25, -0.2) is 4.79 Å². The second kappa shape index (κ2) is 7.39. The van der Waals surface area contributed by atoms with Crippen LogP contribution in [0.2, 0.25) is 0 Å². The van der Waals surface area contributed by atoms with Crippen LogP contribution in [0.1, 0.15) is 66.2 Å². The summed E-state index contributed by atoms with van der Waals surface area (Å²) in [4.78, 5) is 14.2. The Morgan fingerprint density at radius 1 is 1.43 bits per heavy atom. The molecule has 0 aromatic carbocycles. The molecule has 134 valence electrons. The number of carbonyl (C=O) groups is 1. The molecule has 1 saturated carbocycles. The number of rotatable bonds is 5. The summed E-state index contributed by atoms with van der Waals surface area (Å²) >= 11 is 0. The van der Waals surface area contributed by atoms with Crippen molar-refractivity contribution in [1.29, 1.82) is 0 Å². The summed E-state index contributed by atoms with van der Waals surface area (Å²) in [6.07, 6.45) is 6.10. The summed E-state index contributed by atoms with van der Waals surface area (Å²) in [5.74, 6) is 0. The molecule has 1 saturated heterocycles. The maximum absolute atomic E-state index is 12.3. The third-order valence-electron chi connectivity index (χ3n) is 5.12. The summed E-state index contributed by atoms with van der Waals surface area (Å²) < 4.78 is 5.54. The first-order valence-electron chi connectivity index (χ1n) is 9.11. The van der Waals surface area contributed by atoms with E-state index in [-0.39, 0.29) is 17.6 Å². The Labute approximate surface area is 140 Å². The molecule has 1 aliphatic carbocycles. The Balaban J connectivity index is 1.85. The van der Waals surface area contributed by atoms with Gasteiger partial charge in [0.25, 0.3) is 0 Å². The molecular weight excluding hydrogens is 292 g/mol. The minimum Gasteiger partial charge on any atom is -0.444 e. The molecule has 0 aromatic heterocycles. The molecule has 5 heteroatoms. The summed E-state index contributed by atoms with van der Waals surface area (Å²) in [6.45, 7) is 10.1. The number of aliphatic hydroxyl groups is 1. The maximum atomic E-state index is 12.3. The van der Waals surface area contributed by atoms with Crippen molar-refractivity contribution in [1.82, 2.24) is 10.2 Å². The first-order valence-corrected chi connectivity index (χ1v) is 9.11. The van der Waals surface area contributed by atoms with Crippen molar-refractivity contribution in [3.05, 3.63) is 0 Å². The van der Waals surface area contributed by atoms with E-state index in [1.165, 1.54) is 19.3 Å². The smallest absolute Gasteiger partial charge is 0.410 e. The third-order valence-corrected chi connectivity index (χ3v) is 5.12. The molecule has 2 rings (SSSR count). The zero-order valence-electron chi connectivity index (χ0n) is 15.2. The molecule has 2 atom stereocenters. The Bertz CT molecular complexity index is 400. The summed E-state index contributed by atoms with van der Waals surface area (Å²) in [5, 5.41) is 13.0. The molecule has 1 amide bonds. The van der Waals surface area contributed by atoms with Crippen LogP contribution in [0.4, 0.5) is 4.79 Å². The molecule has 2 fully saturated rings. The first-order chi connectivity index (χ1) is 10.7. The summed E-state index contributed by atoms with van der Waals surface area (Å²) in [7, 11) is 0. The van der Waals surface area contributed by atoms with Crippen LogP contribution in [-0.2, 0) is 4.74 Å². The van der Waals surface area contributed by atoms with E-state index in [2.05, 4.69) is 5.32 Å². The van der Waals surface area contributed by atoms with E-state index in [1.807, 2.05) is 32.6 Å². The number of ether oxygens (including phenoxy) is 1. The van der Waals surface area contributed by atoms with E-state index in [9.17, 15) is 9.90 Å². The van der Waals surface area contributed by atoms with Crippen LogP contribution in [0.25, 0.3) is 0 Å². The highest BCUT2D eigenvalue weighted by Crippen LogP contribution is 2.47. The predicted molar refractivity (Wildman–Crippen MR) is 91.4 cm³/mol. The Morgan fingerprint density at radius 3 is 2.65 bits per heavy atom. The molecule has 0 aromatic rings. The second-order valence-corrected chi connectivity index (χ2v) is 8.40. The molecule has 1 spiro atoms. The largest absolute Gasteiger partial charge is 0.444 e. The van der Waals surface area contributed by atoms with Crippen LogP contribution in [0.3, 0.4) is 0 Å². The van der Waals surface area contributed by atoms with Crippen molar-refractivity contribution in [2.75, 3.05) is 19.6 Å². The molecule has 0 bridgehead atoms. The van der Waals surface area contributed by atoms with Crippen LogP contribution in [0.5, 0.6) is 0 Å². The SMILES string of the molecule is CC(O)CCCNC1CCN(C(=O)OC(C)(C)C)CC12CCC2. The number of nitrogens with one attached hydrogen (secondary N) is 1. The molecule has 2 aliphatic rings. The van der Waals surface area contributed by atoms with E-state index in [1.54, 1.807) is 0 Å². The molecule has 2 unspecified atom stereocenters. The minimum atomic E-state index is -0.431. The molecule has 1 aliphatic heterocycles. The Kier molecular flexibility index (Phi) is 5.95. The molecule has 5 nitrogen and oxygen atoms in total. The average Bonchev–Trinajstić information content (AvgIpc) is 2.39. The van der Waals surface area contributed by atoms with Gasteiger partial charge in [-0.15, -0.1) is 0 Å². The lowest BCUT2D eigenvalue weighted by molar-refractivity contribution is -0.0325. The zero-order chi connectivity index (χ0) is 17.1. The van der Waals surface area contributed by atoms with E-state index < -0.39 is 5.60 Å². The quantitative estimate of drug-likeness (QED) is 0.763. The van der Waals surface area contributed by atoms with Gasteiger partial charge in [0.05, 0.1) is 6.10 Å². The van der Waals surface area contributed by atoms with E-state index in [0.717, 1.165) is 38.9 Å². The fourth-order valence-corrected chi connectivity index (χ4v) is 3.77. The first kappa shape index (κ1) is 18.5. The standard InChI is InChI=1S/C18H34N2O3/c1-14(21)7-5-11-19-15-8-12-20(13-18(15)9-6-10-18)16(22)23-17(2,3)4/h14-15,19,21H,5-13H2,1-4H3. The van der Waals surface area contributed by atoms with Gasteiger partial charge in [-0.05, 0) is 66.3 Å². The molecule has 0 radical (unpaired) electrons. The highest BCUT2D eigenvalue weighted by atomic mass is 16.6. The molecular formula is C18H34N2O3. The van der Waals surface area contributed by atoms with Gasteiger partial charge < -0.3 is 20.1 Å². The lowest BCUT2D eigenvalue weighted by Gasteiger charge is -2.54. The van der Waals surface area contributed by atoms with Crippen LogP contribution in [0, 0.1) is 5.41 Å². The number of aliphatic hydroxyl groups excluding tert-OH is 1. The Hall–Kier alpha value is -0.810. The van der Waals surface area contributed by atoms with Gasteiger partial charge in [-0.1, -0.05) is 6.42 Å². The monoisotopic (exact) mass is 326 g/mol.